The number of allylic oxidation sites excluding steroid dienone is 2. The van der Waals surface area contributed by atoms with Gasteiger partial charge in [0.15, 0.2) is 0 Å². The van der Waals surface area contributed by atoms with Crippen molar-refractivity contribution in [2.45, 2.75) is 0 Å². The number of hydrogen-bond acceptors (Lipinski definition) is 1. The van der Waals surface area contributed by atoms with Gasteiger partial charge in [0.1, 0.15) is 5.82 Å². The fourth-order valence-corrected chi connectivity index (χ4v) is 3.42. The Morgan fingerprint density at radius 1 is 0.750 bits per heavy atom. The number of aromatic nitrogens is 1. The van der Waals surface area contributed by atoms with Crippen LogP contribution in [0, 0.1) is 0 Å². The quantitative estimate of drug-likeness (QED) is 0.475. The van der Waals surface area contributed by atoms with Crippen LogP contribution >= 0.6 is 0 Å². The Hall–Kier alpha value is -3.26. The van der Waals surface area contributed by atoms with E-state index in [1.807, 2.05) is 0 Å². The molecule has 0 saturated carbocycles. The van der Waals surface area contributed by atoms with E-state index >= 15 is 0 Å². The number of benzene rings is 3. The van der Waals surface area contributed by atoms with Gasteiger partial charge in [0.25, 0.3) is 0 Å². The second-order valence-electron chi connectivity index (χ2n) is 6.03. The van der Waals surface area contributed by atoms with Gasteiger partial charge in [0.05, 0.1) is 5.52 Å². The lowest BCUT2D eigenvalue weighted by molar-refractivity contribution is 1.16. The van der Waals surface area contributed by atoms with Crippen LogP contribution in [0.1, 0.15) is 5.56 Å². The highest BCUT2D eigenvalue weighted by atomic mass is 15.1. The van der Waals surface area contributed by atoms with Crippen LogP contribution in [-0.2, 0) is 0 Å². The number of fused-ring (bicyclic) bond motifs is 4. The molecule has 5 rings (SSSR count). The molecular formula is C22H16N2. The maximum Gasteiger partial charge on any atom is 0.114 e. The molecule has 2 nitrogen and oxygen atoms in total. The maximum absolute atomic E-state index is 3.58. The van der Waals surface area contributed by atoms with Gasteiger partial charge in [-0.25, -0.2) is 0 Å². The molecule has 1 aliphatic heterocycles. The molecule has 1 N–H and O–H groups in total. The predicted molar refractivity (Wildman–Crippen MR) is 103 cm³/mol. The van der Waals surface area contributed by atoms with E-state index in [4.69, 9.17) is 0 Å². The lowest BCUT2D eigenvalue weighted by Gasteiger charge is -2.15. The molecule has 0 unspecified atom stereocenters. The zero-order valence-electron chi connectivity index (χ0n) is 13.1. The fraction of sp³-hybridized carbons (Fsp3) is 0. The van der Waals surface area contributed by atoms with Crippen LogP contribution < -0.4 is 5.32 Å². The van der Waals surface area contributed by atoms with Crippen molar-refractivity contribution in [3.8, 4) is 0 Å². The monoisotopic (exact) mass is 308 g/mol. The average Bonchev–Trinajstić information content (AvgIpc) is 2.95. The predicted octanol–water partition coefficient (Wildman–Crippen LogP) is 5.73. The highest BCUT2D eigenvalue weighted by Gasteiger charge is 2.11. The van der Waals surface area contributed by atoms with E-state index in [-0.39, 0.29) is 0 Å². The topological polar surface area (TPSA) is 17.0 Å². The molecule has 24 heavy (non-hydrogen) atoms. The number of anilines is 1. The second kappa shape index (κ2) is 5.14. The van der Waals surface area contributed by atoms with Crippen molar-refractivity contribution in [3.63, 3.8) is 0 Å². The van der Waals surface area contributed by atoms with E-state index in [1.54, 1.807) is 0 Å². The van der Waals surface area contributed by atoms with E-state index in [0.717, 1.165) is 11.5 Å². The number of rotatable bonds is 1. The summed E-state index contributed by atoms with van der Waals surface area (Å²) in [5.41, 5.74) is 3.56. The van der Waals surface area contributed by atoms with Crippen molar-refractivity contribution in [2.24, 2.45) is 0 Å². The zero-order chi connectivity index (χ0) is 15.9. The molecule has 0 aliphatic carbocycles. The van der Waals surface area contributed by atoms with Crippen molar-refractivity contribution in [1.29, 1.82) is 0 Å². The lowest BCUT2D eigenvalue weighted by Crippen LogP contribution is -2.06. The van der Waals surface area contributed by atoms with Crippen LogP contribution in [0.2, 0.25) is 0 Å². The van der Waals surface area contributed by atoms with E-state index in [0.29, 0.717) is 0 Å². The number of para-hydroxylation sites is 1. The Kier molecular flexibility index (Phi) is 2.83. The van der Waals surface area contributed by atoms with E-state index in [9.17, 15) is 0 Å². The van der Waals surface area contributed by atoms with Crippen molar-refractivity contribution < 1.29 is 0 Å². The Morgan fingerprint density at radius 3 is 2.58 bits per heavy atom. The molecule has 4 aromatic rings. The number of nitrogens with zero attached hydrogens (tertiary/aromatic N) is 1. The molecule has 2 heteroatoms. The van der Waals surface area contributed by atoms with Gasteiger partial charge < -0.3 is 9.88 Å². The lowest BCUT2D eigenvalue weighted by atomic mass is 10.1. The average molecular weight is 308 g/mol. The van der Waals surface area contributed by atoms with Crippen LogP contribution in [0.4, 0.5) is 5.69 Å². The highest BCUT2D eigenvalue weighted by Crippen LogP contribution is 2.30. The molecule has 114 valence electrons. The molecule has 0 amide bonds. The standard InChI is InChI=1S/C22H16N2/c1-3-9-19-16(6-1)12-13-18-14-15-24(22(18)19)21-11-5-8-17-7-2-4-10-20(17)23-21/h1-15,23H. The summed E-state index contributed by atoms with van der Waals surface area (Å²) in [4.78, 5) is 0. The first-order valence-electron chi connectivity index (χ1n) is 8.14. The summed E-state index contributed by atoms with van der Waals surface area (Å²) in [5.74, 6) is 1.06. The molecule has 2 heterocycles. The second-order valence-corrected chi connectivity index (χ2v) is 6.03. The minimum absolute atomic E-state index is 1.06. The van der Waals surface area contributed by atoms with Gasteiger partial charge in [-0.05, 0) is 29.2 Å². The summed E-state index contributed by atoms with van der Waals surface area (Å²) in [7, 11) is 0. The first-order chi connectivity index (χ1) is 11.9. The van der Waals surface area contributed by atoms with Crippen LogP contribution in [0.3, 0.4) is 0 Å². The molecule has 0 bridgehead atoms. The molecule has 0 saturated heterocycles. The normalized spacial score (nSPS) is 13.4. The summed E-state index contributed by atoms with van der Waals surface area (Å²) < 4.78 is 2.24. The maximum atomic E-state index is 3.58. The summed E-state index contributed by atoms with van der Waals surface area (Å²) >= 11 is 0. The Morgan fingerprint density at radius 2 is 1.58 bits per heavy atom. The van der Waals surface area contributed by atoms with Crippen molar-refractivity contribution in [1.82, 2.24) is 4.57 Å². The highest BCUT2D eigenvalue weighted by molar-refractivity contribution is 6.07. The number of hydrogen-bond donors (Lipinski definition) is 1. The van der Waals surface area contributed by atoms with Crippen LogP contribution in [0.5, 0.6) is 0 Å². The van der Waals surface area contributed by atoms with Gasteiger partial charge in [-0.3, -0.25) is 0 Å². The SMILES string of the molecule is C1=Cc2ccccc2NC(n2ccc3ccc4ccccc4c32)=C1. The molecular weight excluding hydrogens is 292 g/mol. The summed E-state index contributed by atoms with van der Waals surface area (Å²) in [6, 6.07) is 23.5. The molecule has 0 fully saturated rings. The third kappa shape index (κ3) is 1.97. The van der Waals surface area contributed by atoms with Gasteiger partial charge in [0.2, 0.25) is 0 Å². The Labute approximate surface area is 140 Å². The zero-order valence-corrected chi connectivity index (χ0v) is 13.1. The van der Waals surface area contributed by atoms with Gasteiger partial charge in [-0.2, -0.15) is 0 Å². The number of nitrogens with one attached hydrogen (secondary N) is 1. The smallest absolute Gasteiger partial charge is 0.114 e. The third-order valence-corrected chi connectivity index (χ3v) is 4.59. The van der Waals surface area contributed by atoms with Crippen LogP contribution in [0.25, 0.3) is 33.6 Å². The van der Waals surface area contributed by atoms with Crippen molar-refractivity contribution >= 4 is 39.3 Å². The van der Waals surface area contributed by atoms with E-state index < -0.39 is 0 Å². The molecule has 1 aliphatic rings. The molecule has 0 atom stereocenters. The Balaban J connectivity index is 1.74. The first kappa shape index (κ1) is 13.2. The minimum atomic E-state index is 1.06. The van der Waals surface area contributed by atoms with Gasteiger partial charge in [-0.1, -0.05) is 66.7 Å². The third-order valence-electron chi connectivity index (χ3n) is 4.59. The van der Waals surface area contributed by atoms with Crippen molar-refractivity contribution in [3.05, 3.63) is 90.6 Å². The molecule has 3 aromatic carbocycles. The van der Waals surface area contributed by atoms with E-state index in [2.05, 4.69) is 101 Å². The summed E-state index contributed by atoms with van der Waals surface area (Å²) in [6.45, 7) is 0. The summed E-state index contributed by atoms with van der Waals surface area (Å²) in [6.07, 6.45) is 8.50. The fourth-order valence-electron chi connectivity index (χ4n) is 3.42. The van der Waals surface area contributed by atoms with Gasteiger partial charge >= 0.3 is 0 Å². The molecule has 1 aromatic heterocycles. The van der Waals surface area contributed by atoms with Gasteiger partial charge in [0, 0.05) is 22.7 Å². The van der Waals surface area contributed by atoms with Crippen LogP contribution in [-0.4, -0.2) is 4.57 Å². The van der Waals surface area contributed by atoms with Crippen LogP contribution in [0.15, 0.2) is 85.1 Å². The largest absolute Gasteiger partial charge is 0.341 e. The van der Waals surface area contributed by atoms with Crippen molar-refractivity contribution in [2.75, 3.05) is 5.32 Å². The Bertz CT molecular complexity index is 1130. The first-order valence-corrected chi connectivity index (χ1v) is 8.14. The van der Waals surface area contributed by atoms with E-state index in [1.165, 1.54) is 27.2 Å². The molecule has 0 spiro atoms. The summed E-state index contributed by atoms with van der Waals surface area (Å²) in [5, 5.41) is 7.36. The van der Waals surface area contributed by atoms with Gasteiger partial charge in [-0.15, -0.1) is 0 Å². The molecule has 0 radical (unpaired) electrons. The minimum Gasteiger partial charge on any atom is -0.341 e.